The molecule has 5 atom stereocenters. The van der Waals surface area contributed by atoms with Crippen LogP contribution in [0.1, 0.15) is 29.2 Å². The van der Waals surface area contributed by atoms with Gasteiger partial charge < -0.3 is 10.8 Å². The number of nitrogens with zero attached hydrogens (tertiary/aromatic N) is 2. The van der Waals surface area contributed by atoms with E-state index < -0.39 is 17.9 Å². The standard InChI is InChI=1S/C23H23FN4O3/c24-15-7-1-12(2-8-15)10-28-22(30)18-17-9-16(29)11-27(17)20(19(18)23(28)31)13-3-5-14(6-4-13)21(25)26/h1-8,16-20,29H,9-11H2,(H3,25,26)/t16-,17-,18+,19+,20+/m1/s1. The van der Waals surface area contributed by atoms with Crippen molar-refractivity contribution in [2.45, 2.75) is 31.2 Å². The molecule has 3 aliphatic rings. The lowest BCUT2D eigenvalue weighted by atomic mass is 9.85. The van der Waals surface area contributed by atoms with Crippen LogP contribution >= 0.6 is 0 Å². The van der Waals surface area contributed by atoms with E-state index in [1.54, 1.807) is 24.3 Å². The van der Waals surface area contributed by atoms with Crippen LogP contribution in [0.5, 0.6) is 0 Å². The molecule has 2 aromatic rings. The van der Waals surface area contributed by atoms with Crippen LogP contribution in [0.15, 0.2) is 48.5 Å². The molecule has 31 heavy (non-hydrogen) atoms. The van der Waals surface area contributed by atoms with Gasteiger partial charge >= 0.3 is 0 Å². The Hall–Kier alpha value is -3.10. The van der Waals surface area contributed by atoms with Crippen LogP contribution in [0.2, 0.25) is 0 Å². The first-order chi connectivity index (χ1) is 14.8. The highest BCUT2D eigenvalue weighted by Gasteiger charge is 2.63. The summed E-state index contributed by atoms with van der Waals surface area (Å²) in [5.74, 6) is -1.92. The first kappa shape index (κ1) is 19.8. The minimum Gasteiger partial charge on any atom is -0.392 e. The number of nitrogen functional groups attached to an aromatic ring is 1. The summed E-state index contributed by atoms with van der Waals surface area (Å²) in [6.45, 7) is 0.519. The van der Waals surface area contributed by atoms with Gasteiger partial charge in [0.15, 0.2) is 0 Å². The molecule has 0 spiro atoms. The molecular formula is C23H23FN4O3. The maximum atomic E-state index is 13.4. The predicted molar refractivity (Wildman–Crippen MR) is 110 cm³/mol. The Bertz CT molecular complexity index is 1060. The van der Waals surface area contributed by atoms with E-state index in [2.05, 4.69) is 4.90 Å². The lowest BCUT2D eigenvalue weighted by Crippen LogP contribution is -2.39. The summed E-state index contributed by atoms with van der Waals surface area (Å²) in [5.41, 5.74) is 7.70. The molecule has 3 fully saturated rings. The quantitative estimate of drug-likeness (QED) is 0.392. The van der Waals surface area contributed by atoms with Gasteiger partial charge in [0.25, 0.3) is 0 Å². The Morgan fingerprint density at radius 2 is 1.71 bits per heavy atom. The number of halogens is 1. The second kappa shape index (κ2) is 7.25. The van der Waals surface area contributed by atoms with Crippen LogP contribution in [0, 0.1) is 23.1 Å². The van der Waals surface area contributed by atoms with Gasteiger partial charge in [0.05, 0.1) is 24.5 Å². The van der Waals surface area contributed by atoms with E-state index in [-0.39, 0.29) is 42.1 Å². The Labute approximate surface area is 178 Å². The zero-order chi connectivity index (χ0) is 21.9. The van der Waals surface area contributed by atoms with Gasteiger partial charge in [0.2, 0.25) is 11.8 Å². The summed E-state index contributed by atoms with van der Waals surface area (Å²) in [7, 11) is 0. The zero-order valence-corrected chi connectivity index (χ0v) is 16.7. The summed E-state index contributed by atoms with van der Waals surface area (Å²) >= 11 is 0. The molecule has 0 unspecified atom stereocenters. The van der Waals surface area contributed by atoms with Gasteiger partial charge in [-0.2, -0.15) is 0 Å². The van der Waals surface area contributed by atoms with Crippen LogP contribution in [0.4, 0.5) is 4.39 Å². The van der Waals surface area contributed by atoms with Crippen molar-refractivity contribution in [2.75, 3.05) is 6.54 Å². The summed E-state index contributed by atoms with van der Waals surface area (Å²) < 4.78 is 13.2. The van der Waals surface area contributed by atoms with E-state index in [0.717, 1.165) is 5.56 Å². The van der Waals surface area contributed by atoms with Crippen molar-refractivity contribution in [1.29, 1.82) is 5.41 Å². The summed E-state index contributed by atoms with van der Waals surface area (Å²) in [4.78, 5) is 30.1. The molecule has 7 nitrogen and oxygen atoms in total. The highest BCUT2D eigenvalue weighted by atomic mass is 19.1. The fourth-order valence-electron chi connectivity index (χ4n) is 5.44. The number of aliphatic hydroxyl groups is 1. The minimum absolute atomic E-state index is 0.0390. The fraction of sp³-hybridized carbons (Fsp3) is 0.348. The second-order valence-corrected chi connectivity index (χ2v) is 8.57. The normalized spacial score (nSPS) is 30.0. The molecule has 0 aliphatic carbocycles. The molecule has 2 aromatic carbocycles. The number of rotatable bonds is 4. The molecule has 2 amide bonds. The van der Waals surface area contributed by atoms with Crippen molar-refractivity contribution in [3.63, 3.8) is 0 Å². The van der Waals surface area contributed by atoms with Gasteiger partial charge in [0, 0.05) is 24.2 Å². The van der Waals surface area contributed by atoms with Gasteiger partial charge in [-0.25, -0.2) is 4.39 Å². The molecule has 4 N–H and O–H groups in total. The van der Waals surface area contributed by atoms with Gasteiger partial charge in [-0.3, -0.25) is 24.8 Å². The number of benzene rings is 2. The monoisotopic (exact) mass is 422 g/mol. The van der Waals surface area contributed by atoms with Crippen molar-refractivity contribution >= 4 is 17.6 Å². The number of likely N-dealkylation sites (tertiary alicyclic amines) is 1. The minimum atomic E-state index is -0.543. The number of carbonyl (C=O) groups excluding carboxylic acids is 2. The lowest BCUT2D eigenvalue weighted by Gasteiger charge is -2.29. The van der Waals surface area contributed by atoms with E-state index in [9.17, 15) is 19.1 Å². The number of aliphatic hydroxyl groups excluding tert-OH is 1. The van der Waals surface area contributed by atoms with Crippen LogP contribution in [-0.2, 0) is 16.1 Å². The van der Waals surface area contributed by atoms with Crippen molar-refractivity contribution in [3.8, 4) is 0 Å². The van der Waals surface area contributed by atoms with Crippen LogP contribution in [0.25, 0.3) is 0 Å². The molecule has 3 saturated heterocycles. The summed E-state index contributed by atoms with van der Waals surface area (Å²) in [6, 6.07) is 12.4. The topological polar surface area (TPSA) is 111 Å². The summed E-state index contributed by atoms with van der Waals surface area (Å²) in [5, 5.41) is 17.9. The smallest absolute Gasteiger partial charge is 0.235 e. The Kier molecular flexibility index (Phi) is 4.64. The largest absolute Gasteiger partial charge is 0.392 e. The fourth-order valence-corrected chi connectivity index (χ4v) is 5.44. The van der Waals surface area contributed by atoms with E-state index in [4.69, 9.17) is 11.1 Å². The molecule has 0 aromatic heterocycles. The Morgan fingerprint density at radius 3 is 2.35 bits per heavy atom. The molecule has 5 rings (SSSR count). The van der Waals surface area contributed by atoms with E-state index in [0.29, 0.717) is 24.1 Å². The number of fused-ring (bicyclic) bond motifs is 3. The van der Waals surface area contributed by atoms with Gasteiger partial charge in [0.1, 0.15) is 11.7 Å². The maximum Gasteiger partial charge on any atom is 0.235 e. The molecule has 0 radical (unpaired) electrons. The zero-order valence-electron chi connectivity index (χ0n) is 16.7. The molecule has 160 valence electrons. The van der Waals surface area contributed by atoms with Gasteiger partial charge in [-0.05, 0) is 29.7 Å². The molecular weight excluding hydrogens is 399 g/mol. The van der Waals surface area contributed by atoms with Crippen LogP contribution in [0.3, 0.4) is 0 Å². The Balaban J connectivity index is 1.49. The predicted octanol–water partition coefficient (Wildman–Crippen LogP) is 1.40. The number of imide groups is 1. The summed E-state index contributed by atoms with van der Waals surface area (Å²) in [6.07, 6.45) is -0.0916. The number of hydrogen-bond donors (Lipinski definition) is 3. The van der Waals surface area contributed by atoms with E-state index in [1.165, 1.54) is 17.0 Å². The highest BCUT2D eigenvalue weighted by molar-refractivity contribution is 6.06. The third-order valence-electron chi connectivity index (χ3n) is 6.78. The number of carbonyl (C=O) groups is 2. The van der Waals surface area contributed by atoms with Gasteiger partial charge in [-0.1, -0.05) is 36.4 Å². The van der Waals surface area contributed by atoms with E-state index >= 15 is 0 Å². The number of hydrogen-bond acceptors (Lipinski definition) is 5. The Morgan fingerprint density at radius 1 is 1.06 bits per heavy atom. The average molecular weight is 422 g/mol. The number of amides is 2. The number of amidine groups is 1. The van der Waals surface area contributed by atoms with Crippen molar-refractivity contribution in [3.05, 3.63) is 71.0 Å². The first-order valence-electron chi connectivity index (χ1n) is 10.3. The highest BCUT2D eigenvalue weighted by Crippen LogP contribution is 2.53. The maximum absolute atomic E-state index is 13.4. The van der Waals surface area contributed by atoms with Crippen molar-refractivity contribution in [2.24, 2.45) is 17.6 Å². The molecule has 0 saturated carbocycles. The molecule has 3 aliphatic heterocycles. The van der Waals surface area contributed by atoms with Crippen molar-refractivity contribution < 1.29 is 19.1 Å². The van der Waals surface area contributed by atoms with Crippen LogP contribution in [-0.4, -0.2) is 51.2 Å². The third-order valence-corrected chi connectivity index (χ3v) is 6.78. The lowest BCUT2D eigenvalue weighted by molar-refractivity contribution is -0.142. The van der Waals surface area contributed by atoms with E-state index in [1.807, 2.05) is 12.1 Å². The third kappa shape index (κ3) is 3.14. The first-order valence-corrected chi connectivity index (χ1v) is 10.3. The van der Waals surface area contributed by atoms with Gasteiger partial charge in [-0.15, -0.1) is 0 Å². The number of nitrogens with two attached hydrogens (primary N) is 1. The molecule has 8 heteroatoms. The average Bonchev–Trinajstić information content (AvgIpc) is 3.33. The number of nitrogens with one attached hydrogen (secondary N) is 1. The van der Waals surface area contributed by atoms with Crippen molar-refractivity contribution in [1.82, 2.24) is 9.80 Å². The SMILES string of the molecule is N=C(N)c1ccc([C@H]2[C@H]3C(=O)N(Cc4ccc(F)cc4)C(=O)[C@H]3[C@H]3C[C@@H](O)CN32)cc1. The molecule has 0 bridgehead atoms. The molecule has 3 heterocycles. The second-order valence-electron chi connectivity index (χ2n) is 8.57. The van der Waals surface area contributed by atoms with Crippen LogP contribution < -0.4 is 5.73 Å².